The van der Waals surface area contributed by atoms with Gasteiger partial charge < -0.3 is 4.90 Å². The van der Waals surface area contributed by atoms with Crippen LogP contribution in [0.5, 0.6) is 0 Å². The predicted molar refractivity (Wildman–Crippen MR) is 86.4 cm³/mol. The molecule has 1 aliphatic carbocycles. The Labute approximate surface area is 137 Å². The minimum absolute atomic E-state index is 0.0460. The van der Waals surface area contributed by atoms with E-state index >= 15 is 0 Å². The minimum Gasteiger partial charge on any atom is -0.331 e. The highest BCUT2D eigenvalue weighted by Gasteiger charge is 2.33. The third kappa shape index (κ3) is 3.00. The van der Waals surface area contributed by atoms with Crippen LogP contribution in [0.4, 0.5) is 0 Å². The van der Waals surface area contributed by atoms with E-state index in [1.807, 2.05) is 16.3 Å². The lowest BCUT2D eigenvalue weighted by Gasteiger charge is -2.22. The predicted octanol–water partition coefficient (Wildman–Crippen LogP) is 2.53. The summed E-state index contributed by atoms with van der Waals surface area (Å²) >= 11 is 1.68. The molecule has 0 unspecified atom stereocenters. The van der Waals surface area contributed by atoms with Gasteiger partial charge in [0.05, 0.1) is 6.54 Å². The van der Waals surface area contributed by atoms with E-state index in [9.17, 15) is 4.79 Å². The number of rotatable bonds is 5. The Bertz CT molecular complexity index is 796. The molecule has 3 heterocycles. The number of carbonyl (C=O) groups excluding carboxylic acids is 1. The van der Waals surface area contributed by atoms with Crippen LogP contribution < -0.4 is 0 Å². The van der Waals surface area contributed by atoms with Gasteiger partial charge in [-0.05, 0) is 36.4 Å². The molecule has 1 fully saturated rings. The Hall–Kier alpha value is -2.54. The summed E-state index contributed by atoms with van der Waals surface area (Å²) in [7, 11) is 0. The molecular weight excluding hydrogens is 310 g/mol. The first-order valence-electron chi connectivity index (χ1n) is 7.45. The average molecular weight is 325 g/mol. The number of thiophene rings is 1. The zero-order valence-electron chi connectivity index (χ0n) is 12.4. The van der Waals surface area contributed by atoms with Gasteiger partial charge >= 0.3 is 0 Å². The normalized spacial score (nSPS) is 13.9. The van der Waals surface area contributed by atoms with Crippen molar-refractivity contribution in [2.75, 3.05) is 0 Å². The highest BCUT2D eigenvalue weighted by Crippen LogP contribution is 2.30. The zero-order chi connectivity index (χ0) is 15.6. The second-order valence-electron chi connectivity index (χ2n) is 5.49. The largest absolute Gasteiger partial charge is 0.331 e. The van der Waals surface area contributed by atoms with Crippen molar-refractivity contribution in [3.05, 3.63) is 58.9 Å². The Morgan fingerprint density at radius 3 is 3.00 bits per heavy atom. The molecule has 0 bridgehead atoms. The maximum Gasteiger partial charge on any atom is 0.254 e. The smallest absolute Gasteiger partial charge is 0.254 e. The third-order valence-electron chi connectivity index (χ3n) is 3.80. The van der Waals surface area contributed by atoms with Gasteiger partial charge in [0, 0.05) is 22.7 Å². The van der Waals surface area contributed by atoms with Gasteiger partial charge in [-0.3, -0.25) is 4.79 Å². The van der Waals surface area contributed by atoms with E-state index in [4.69, 9.17) is 0 Å². The lowest BCUT2D eigenvalue weighted by atomic mass is 10.2. The lowest BCUT2D eigenvalue weighted by Crippen LogP contribution is -2.32. The van der Waals surface area contributed by atoms with Gasteiger partial charge in [-0.15, -0.1) is 11.3 Å². The van der Waals surface area contributed by atoms with Crippen LogP contribution in [0.2, 0.25) is 0 Å². The lowest BCUT2D eigenvalue weighted by molar-refractivity contribution is 0.0731. The van der Waals surface area contributed by atoms with Gasteiger partial charge in [0.2, 0.25) is 0 Å². The number of pyridine rings is 1. The molecule has 116 valence electrons. The molecule has 0 aliphatic heterocycles. The van der Waals surface area contributed by atoms with E-state index < -0.39 is 0 Å². The van der Waals surface area contributed by atoms with Crippen molar-refractivity contribution in [2.24, 2.45) is 0 Å². The molecule has 7 heteroatoms. The van der Waals surface area contributed by atoms with Gasteiger partial charge in [-0.2, -0.15) is 5.10 Å². The number of nitrogens with zero attached hydrogens (tertiary/aromatic N) is 5. The monoisotopic (exact) mass is 325 g/mol. The van der Waals surface area contributed by atoms with E-state index in [-0.39, 0.29) is 5.91 Å². The van der Waals surface area contributed by atoms with Crippen molar-refractivity contribution in [3.8, 4) is 5.82 Å². The first-order valence-corrected chi connectivity index (χ1v) is 8.33. The maximum atomic E-state index is 12.9. The van der Waals surface area contributed by atoms with Crippen LogP contribution in [0.1, 0.15) is 28.1 Å². The highest BCUT2D eigenvalue weighted by molar-refractivity contribution is 7.09. The van der Waals surface area contributed by atoms with Gasteiger partial charge in [0.1, 0.15) is 12.7 Å². The summed E-state index contributed by atoms with van der Waals surface area (Å²) in [6.07, 6.45) is 6.82. The standard InChI is InChI=1S/C16H15N5OS/c22-16(20(13-3-4-13)9-14-2-1-7-23-14)12-5-6-18-15(8-12)21-11-17-10-19-21/h1-2,5-8,10-11,13H,3-4,9H2. The molecule has 0 saturated heterocycles. The topological polar surface area (TPSA) is 63.9 Å². The Kier molecular flexibility index (Phi) is 3.63. The number of hydrogen-bond acceptors (Lipinski definition) is 5. The summed E-state index contributed by atoms with van der Waals surface area (Å²) in [5.74, 6) is 0.643. The summed E-state index contributed by atoms with van der Waals surface area (Å²) in [5.41, 5.74) is 0.633. The van der Waals surface area contributed by atoms with E-state index in [0.717, 1.165) is 12.8 Å². The molecule has 6 nitrogen and oxygen atoms in total. The van der Waals surface area contributed by atoms with Gasteiger partial charge in [-0.25, -0.2) is 14.6 Å². The fraction of sp³-hybridized carbons (Fsp3) is 0.250. The Balaban J connectivity index is 1.60. The van der Waals surface area contributed by atoms with Crippen LogP contribution >= 0.6 is 11.3 Å². The second kappa shape index (κ2) is 5.92. The molecule has 0 radical (unpaired) electrons. The second-order valence-corrected chi connectivity index (χ2v) is 6.52. The van der Waals surface area contributed by atoms with E-state index in [1.54, 1.807) is 40.7 Å². The SMILES string of the molecule is O=C(c1ccnc(-n2cncn2)c1)N(Cc1cccs1)C1CC1. The molecule has 0 spiro atoms. The van der Waals surface area contributed by atoms with E-state index in [1.165, 1.54) is 11.2 Å². The molecular formula is C16H15N5OS. The summed E-state index contributed by atoms with van der Waals surface area (Å²) in [5, 5.41) is 6.10. The van der Waals surface area contributed by atoms with Gasteiger partial charge in [0.25, 0.3) is 5.91 Å². The molecule has 23 heavy (non-hydrogen) atoms. The molecule has 0 aromatic carbocycles. The van der Waals surface area contributed by atoms with Crippen LogP contribution in [0.15, 0.2) is 48.5 Å². The molecule has 3 aromatic heterocycles. The number of hydrogen-bond donors (Lipinski definition) is 0. The van der Waals surface area contributed by atoms with E-state index in [0.29, 0.717) is 24.0 Å². The van der Waals surface area contributed by atoms with Crippen molar-refractivity contribution in [1.82, 2.24) is 24.6 Å². The average Bonchev–Trinajstić information content (AvgIpc) is 3.05. The summed E-state index contributed by atoms with van der Waals surface area (Å²) in [6.45, 7) is 0.669. The summed E-state index contributed by atoms with van der Waals surface area (Å²) in [4.78, 5) is 24.3. The Morgan fingerprint density at radius 2 is 2.30 bits per heavy atom. The van der Waals surface area contributed by atoms with Gasteiger partial charge in [0.15, 0.2) is 5.82 Å². The van der Waals surface area contributed by atoms with Crippen LogP contribution in [-0.4, -0.2) is 36.6 Å². The zero-order valence-corrected chi connectivity index (χ0v) is 13.2. The molecule has 1 aliphatic rings. The van der Waals surface area contributed by atoms with Gasteiger partial charge in [-0.1, -0.05) is 6.07 Å². The Morgan fingerprint density at radius 1 is 1.39 bits per heavy atom. The number of amides is 1. The van der Waals surface area contributed by atoms with Crippen LogP contribution in [0.3, 0.4) is 0 Å². The van der Waals surface area contributed by atoms with Crippen LogP contribution in [0.25, 0.3) is 5.82 Å². The van der Waals surface area contributed by atoms with Crippen molar-refractivity contribution in [2.45, 2.75) is 25.4 Å². The molecule has 0 atom stereocenters. The van der Waals surface area contributed by atoms with E-state index in [2.05, 4.69) is 21.1 Å². The molecule has 1 saturated carbocycles. The van der Waals surface area contributed by atoms with Crippen LogP contribution in [0, 0.1) is 0 Å². The number of aromatic nitrogens is 4. The first-order chi connectivity index (χ1) is 11.3. The van der Waals surface area contributed by atoms with Crippen molar-refractivity contribution in [1.29, 1.82) is 0 Å². The van der Waals surface area contributed by atoms with Crippen LogP contribution in [-0.2, 0) is 6.54 Å². The molecule has 1 amide bonds. The maximum absolute atomic E-state index is 12.9. The summed E-state index contributed by atoms with van der Waals surface area (Å²) in [6, 6.07) is 7.96. The highest BCUT2D eigenvalue weighted by atomic mass is 32.1. The van der Waals surface area contributed by atoms with Crippen molar-refractivity contribution >= 4 is 17.2 Å². The van der Waals surface area contributed by atoms with Crippen molar-refractivity contribution in [3.63, 3.8) is 0 Å². The first kappa shape index (κ1) is 14.1. The molecule has 4 rings (SSSR count). The molecule has 0 N–H and O–H groups in total. The summed E-state index contributed by atoms with van der Waals surface area (Å²) < 4.78 is 1.55. The molecule has 3 aromatic rings. The fourth-order valence-electron chi connectivity index (χ4n) is 2.49. The quantitative estimate of drug-likeness (QED) is 0.723. The third-order valence-corrected chi connectivity index (χ3v) is 4.66. The minimum atomic E-state index is 0.0460. The van der Waals surface area contributed by atoms with Crippen molar-refractivity contribution < 1.29 is 4.79 Å². The fourth-order valence-corrected chi connectivity index (χ4v) is 3.20. The number of carbonyl (C=O) groups is 1.